The average Bonchev–Trinajstić information content (AvgIpc) is 3.24. The molecule has 1 aliphatic rings. The predicted molar refractivity (Wildman–Crippen MR) is 104 cm³/mol. The Kier molecular flexibility index (Phi) is 4.64. The monoisotopic (exact) mass is 381 g/mol. The van der Waals surface area contributed by atoms with Crippen molar-refractivity contribution in [3.05, 3.63) is 47.2 Å². The fourth-order valence-electron chi connectivity index (χ4n) is 2.69. The van der Waals surface area contributed by atoms with Gasteiger partial charge < -0.3 is 14.5 Å². The third-order valence-corrected chi connectivity index (χ3v) is 4.80. The molecule has 4 rings (SSSR count). The summed E-state index contributed by atoms with van der Waals surface area (Å²) in [5.41, 5.74) is 1.58. The zero-order chi connectivity index (χ0) is 18.8. The van der Waals surface area contributed by atoms with Crippen molar-refractivity contribution in [3.63, 3.8) is 0 Å². The van der Waals surface area contributed by atoms with Gasteiger partial charge in [-0.25, -0.2) is 0 Å². The van der Waals surface area contributed by atoms with Crippen LogP contribution in [0.4, 0.5) is 0 Å². The van der Waals surface area contributed by atoms with Crippen LogP contribution in [0.2, 0.25) is 0 Å². The number of benzene rings is 1. The number of thioether (sulfide) groups is 1. The van der Waals surface area contributed by atoms with E-state index in [1.165, 1.54) is 0 Å². The van der Waals surface area contributed by atoms with Gasteiger partial charge in [-0.3, -0.25) is 19.6 Å². The summed E-state index contributed by atoms with van der Waals surface area (Å²) >= 11 is 1.15. The molecular formula is C19H15N3O4S. The molecule has 1 N–H and O–H groups in total. The highest BCUT2D eigenvalue weighted by atomic mass is 32.2. The molecule has 1 aliphatic heterocycles. The van der Waals surface area contributed by atoms with Crippen molar-refractivity contribution in [1.82, 2.24) is 10.3 Å². The first-order chi connectivity index (χ1) is 13.1. The maximum absolute atomic E-state index is 12.1. The van der Waals surface area contributed by atoms with Crippen LogP contribution in [0.3, 0.4) is 0 Å². The molecule has 8 heteroatoms. The van der Waals surface area contributed by atoms with Crippen LogP contribution in [0.5, 0.6) is 0 Å². The number of amides is 1. The zero-order valence-electron chi connectivity index (χ0n) is 14.4. The van der Waals surface area contributed by atoms with Crippen LogP contribution >= 0.6 is 11.8 Å². The summed E-state index contributed by atoms with van der Waals surface area (Å²) in [6.07, 6.45) is 3.40. The first-order valence-corrected chi connectivity index (χ1v) is 9.14. The number of carbonyl (C=O) groups excluding carboxylic acids is 2. The number of rotatable bonds is 4. The number of nitrogens with zero attached hydrogens (tertiary/aromatic N) is 2. The molecule has 0 spiro atoms. The molecule has 2 aromatic heterocycles. The van der Waals surface area contributed by atoms with Gasteiger partial charge in [0, 0.05) is 23.0 Å². The number of hydrogen-bond acceptors (Lipinski definition) is 7. The number of amidine groups is 1. The van der Waals surface area contributed by atoms with E-state index in [1.54, 1.807) is 19.2 Å². The van der Waals surface area contributed by atoms with Crippen molar-refractivity contribution in [3.8, 4) is 0 Å². The van der Waals surface area contributed by atoms with E-state index in [2.05, 4.69) is 15.3 Å². The molecule has 1 saturated heterocycles. The van der Waals surface area contributed by atoms with Gasteiger partial charge in [-0.1, -0.05) is 12.1 Å². The molecule has 27 heavy (non-hydrogen) atoms. The van der Waals surface area contributed by atoms with E-state index < -0.39 is 5.97 Å². The highest BCUT2D eigenvalue weighted by molar-refractivity contribution is 8.18. The number of aromatic nitrogens is 1. The van der Waals surface area contributed by atoms with Crippen molar-refractivity contribution < 1.29 is 18.7 Å². The van der Waals surface area contributed by atoms with Crippen LogP contribution in [0.25, 0.3) is 27.9 Å². The molecular weight excluding hydrogens is 366 g/mol. The summed E-state index contributed by atoms with van der Waals surface area (Å²) < 4.78 is 10.7. The summed E-state index contributed by atoms with van der Waals surface area (Å²) in [4.78, 5) is 32.4. The number of carbonyl (C=O) groups is 2. The third kappa shape index (κ3) is 3.56. The average molecular weight is 381 g/mol. The van der Waals surface area contributed by atoms with Gasteiger partial charge in [-0.2, -0.15) is 0 Å². The third-order valence-electron chi connectivity index (χ3n) is 3.85. The summed E-state index contributed by atoms with van der Waals surface area (Å²) in [6, 6.07) is 9.55. The standard InChI is InChI=1S/C19H15N3O4S/c1-2-25-16(23)10-21-19-22-18(24)15(27-19)8-12-7-11-9-20-14-6-4-3-5-13(14)17(11)26-12/h3-9H,2,10H2,1H3,(H,21,22,24)/b15-8-. The van der Waals surface area contributed by atoms with Gasteiger partial charge in [0.05, 0.1) is 17.0 Å². The number of nitrogens with one attached hydrogen (secondary N) is 1. The number of pyridine rings is 1. The molecule has 1 aromatic carbocycles. The number of hydrogen-bond donors (Lipinski definition) is 1. The zero-order valence-corrected chi connectivity index (χ0v) is 15.2. The minimum atomic E-state index is -0.436. The molecule has 7 nitrogen and oxygen atoms in total. The summed E-state index contributed by atoms with van der Waals surface area (Å²) in [6.45, 7) is 1.89. The van der Waals surface area contributed by atoms with Crippen molar-refractivity contribution in [2.75, 3.05) is 13.2 Å². The lowest BCUT2D eigenvalue weighted by molar-refractivity contribution is -0.141. The fourth-order valence-corrected chi connectivity index (χ4v) is 3.49. The lowest BCUT2D eigenvalue weighted by Gasteiger charge is -1.97. The molecule has 0 aliphatic carbocycles. The first-order valence-electron chi connectivity index (χ1n) is 8.32. The van der Waals surface area contributed by atoms with Gasteiger partial charge in [-0.15, -0.1) is 0 Å². The smallest absolute Gasteiger partial charge is 0.327 e. The molecule has 3 aromatic rings. The second-order valence-corrected chi connectivity index (χ2v) is 6.73. The van der Waals surface area contributed by atoms with Crippen molar-refractivity contribution in [2.45, 2.75) is 6.92 Å². The first kappa shape index (κ1) is 17.3. The quantitative estimate of drug-likeness (QED) is 0.551. The lowest BCUT2D eigenvalue weighted by atomic mass is 10.2. The second kappa shape index (κ2) is 7.24. The van der Waals surface area contributed by atoms with Gasteiger partial charge in [-0.05, 0) is 36.9 Å². The largest absolute Gasteiger partial charge is 0.465 e. The molecule has 0 atom stereocenters. The van der Waals surface area contributed by atoms with Crippen LogP contribution in [-0.2, 0) is 14.3 Å². The van der Waals surface area contributed by atoms with Crippen molar-refractivity contribution in [2.24, 2.45) is 4.99 Å². The van der Waals surface area contributed by atoms with E-state index in [0.717, 1.165) is 33.6 Å². The van der Waals surface area contributed by atoms with E-state index in [4.69, 9.17) is 9.15 Å². The van der Waals surface area contributed by atoms with Crippen LogP contribution in [0, 0.1) is 0 Å². The van der Waals surface area contributed by atoms with Crippen LogP contribution in [0.15, 0.2) is 50.8 Å². The Morgan fingerprint density at radius 1 is 1.41 bits per heavy atom. The minimum Gasteiger partial charge on any atom is -0.465 e. The van der Waals surface area contributed by atoms with Gasteiger partial charge in [0.2, 0.25) is 0 Å². The molecule has 0 unspecified atom stereocenters. The maximum Gasteiger partial charge on any atom is 0.327 e. The van der Waals surface area contributed by atoms with Gasteiger partial charge in [0.25, 0.3) is 5.91 Å². The Bertz CT molecular complexity index is 1120. The van der Waals surface area contributed by atoms with Crippen LogP contribution in [-0.4, -0.2) is 35.2 Å². The van der Waals surface area contributed by atoms with E-state index >= 15 is 0 Å². The molecule has 0 bridgehead atoms. The molecule has 0 radical (unpaired) electrons. The van der Waals surface area contributed by atoms with Gasteiger partial charge in [0.15, 0.2) is 5.17 Å². The number of furan rings is 1. The number of fused-ring (bicyclic) bond motifs is 3. The Balaban J connectivity index is 1.60. The lowest BCUT2D eigenvalue weighted by Crippen LogP contribution is -2.21. The Labute approximate surface area is 158 Å². The normalized spacial score (nSPS) is 17.1. The van der Waals surface area contributed by atoms with E-state index in [-0.39, 0.29) is 12.5 Å². The highest BCUT2D eigenvalue weighted by Crippen LogP contribution is 2.30. The summed E-state index contributed by atoms with van der Waals surface area (Å²) in [7, 11) is 0. The van der Waals surface area contributed by atoms with Crippen molar-refractivity contribution in [1.29, 1.82) is 0 Å². The highest BCUT2D eigenvalue weighted by Gasteiger charge is 2.24. The molecule has 0 saturated carbocycles. The van der Waals surface area contributed by atoms with Gasteiger partial charge in [0.1, 0.15) is 17.9 Å². The van der Waals surface area contributed by atoms with Crippen LogP contribution < -0.4 is 5.32 Å². The molecule has 136 valence electrons. The maximum atomic E-state index is 12.1. The minimum absolute atomic E-state index is 0.133. The summed E-state index contributed by atoms with van der Waals surface area (Å²) in [5.74, 6) is -0.174. The van der Waals surface area contributed by atoms with Crippen LogP contribution in [0.1, 0.15) is 12.7 Å². The molecule has 1 fully saturated rings. The fraction of sp³-hybridized carbons (Fsp3) is 0.158. The van der Waals surface area contributed by atoms with E-state index in [1.807, 2.05) is 30.3 Å². The Morgan fingerprint density at radius 2 is 2.26 bits per heavy atom. The predicted octanol–water partition coefficient (Wildman–Crippen LogP) is 3.10. The summed E-state index contributed by atoms with van der Waals surface area (Å²) in [5, 5.41) is 4.77. The molecule has 3 heterocycles. The SMILES string of the molecule is CCOC(=O)CN=C1NC(=O)/C(=C/c2cc3cnc4ccccc4c3o2)S1. The number of aliphatic imine (C=N–C) groups is 1. The van der Waals surface area contributed by atoms with E-state index in [0.29, 0.717) is 22.4 Å². The van der Waals surface area contributed by atoms with Crippen molar-refractivity contribution >= 4 is 56.8 Å². The molecule has 1 amide bonds. The van der Waals surface area contributed by atoms with Gasteiger partial charge >= 0.3 is 5.97 Å². The number of ether oxygens (including phenoxy) is 1. The Morgan fingerprint density at radius 3 is 3.11 bits per heavy atom. The second-order valence-electron chi connectivity index (χ2n) is 5.70. The number of para-hydroxylation sites is 1. The van der Waals surface area contributed by atoms with E-state index in [9.17, 15) is 9.59 Å². The topological polar surface area (TPSA) is 93.8 Å². The number of esters is 1. The Hall–Kier alpha value is -3.13.